The Balaban J connectivity index is 2.69. The summed E-state index contributed by atoms with van der Waals surface area (Å²) in [5.74, 6) is 0.619. The average molecular weight is 202 g/mol. The molecule has 0 atom stereocenters. The zero-order valence-corrected chi connectivity index (χ0v) is 8.95. The van der Waals surface area contributed by atoms with Crippen LogP contribution in [0.2, 0.25) is 0 Å². The number of ether oxygens (including phenoxy) is 1. The van der Waals surface area contributed by atoms with Gasteiger partial charge in [-0.15, -0.1) is 0 Å². The summed E-state index contributed by atoms with van der Waals surface area (Å²) in [6.45, 7) is 2.51. The van der Waals surface area contributed by atoms with Crippen LogP contribution < -0.4 is 10.5 Å². The molecule has 0 amide bonds. The number of pyridine rings is 1. The molecule has 1 aromatic heterocycles. The molecule has 0 spiro atoms. The van der Waals surface area contributed by atoms with Crippen LogP contribution in [-0.4, -0.2) is 12.1 Å². The predicted molar refractivity (Wildman–Crippen MR) is 60.9 cm³/mol. The van der Waals surface area contributed by atoms with Crippen molar-refractivity contribution in [2.45, 2.75) is 13.5 Å². The Bertz CT molecular complexity index is 494. The van der Waals surface area contributed by atoms with Crippen molar-refractivity contribution < 1.29 is 4.74 Å². The quantitative estimate of drug-likeness (QED) is 0.810. The SMILES string of the molecule is COc1nc2ccc(C)cc2cc1CN. The topological polar surface area (TPSA) is 48.1 Å². The van der Waals surface area contributed by atoms with Crippen molar-refractivity contribution >= 4 is 10.9 Å². The molecule has 3 nitrogen and oxygen atoms in total. The summed E-state index contributed by atoms with van der Waals surface area (Å²) in [4.78, 5) is 4.40. The molecule has 1 heterocycles. The van der Waals surface area contributed by atoms with Gasteiger partial charge in [0.05, 0.1) is 12.6 Å². The molecule has 2 aromatic rings. The van der Waals surface area contributed by atoms with Crippen LogP contribution in [0.5, 0.6) is 5.88 Å². The van der Waals surface area contributed by atoms with E-state index in [0.29, 0.717) is 12.4 Å². The second-order valence-corrected chi connectivity index (χ2v) is 3.56. The maximum atomic E-state index is 5.64. The number of methoxy groups -OCH3 is 1. The van der Waals surface area contributed by atoms with E-state index in [9.17, 15) is 0 Å². The summed E-state index contributed by atoms with van der Waals surface area (Å²) in [7, 11) is 1.61. The van der Waals surface area contributed by atoms with Crippen LogP contribution in [0.3, 0.4) is 0 Å². The second kappa shape index (κ2) is 3.87. The molecule has 0 aliphatic rings. The largest absolute Gasteiger partial charge is 0.481 e. The molecule has 0 radical (unpaired) electrons. The number of aromatic nitrogens is 1. The van der Waals surface area contributed by atoms with Gasteiger partial charge in [0.1, 0.15) is 0 Å². The van der Waals surface area contributed by atoms with Crippen LogP contribution in [0.15, 0.2) is 24.3 Å². The lowest BCUT2D eigenvalue weighted by atomic mass is 10.1. The highest BCUT2D eigenvalue weighted by Crippen LogP contribution is 2.22. The summed E-state index contributed by atoms with van der Waals surface area (Å²) < 4.78 is 5.18. The Morgan fingerprint density at radius 1 is 1.33 bits per heavy atom. The van der Waals surface area contributed by atoms with Gasteiger partial charge in [0.25, 0.3) is 0 Å². The van der Waals surface area contributed by atoms with Crippen molar-refractivity contribution in [1.82, 2.24) is 4.98 Å². The van der Waals surface area contributed by atoms with Gasteiger partial charge in [0.2, 0.25) is 5.88 Å². The van der Waals surface area contributed by atoms with Crippen LogP contribution in [0.25, 0.3) is 10.9 Å². The van der Waals surface area contributed by atoms with Gasteiger partial charge in [-0.05, 0) is 25.1 Å². The Kier molecular flexibility index (Phi) is 2.56. The fourth-order valence-corrected chi connectivity index (χ4v) is 1.64. The van der Waals surface area contributed by atoms with Gasteiger partial charge in [-0.2, -0.15) is 0 Å². The third kappa shape index (κ3) is 1.78. The molecule has 0 saturated heterocycles. The first-order valence-electron chi connectivity index (χ1n) is 4.89. The highest BCUT2D eigenvalue weighted by atomic mass is 16.5. The van der Waals surface area contributed by atoms with Crippen LogP contribution in [0.1, 0.15) is 11.1 Å². The average Bonchev–Trinajstić information content (AvgIpc) is 2.27. The first kappa shape index (κ1) is 9.93. The van der Waals surface area contributed by atoms with E-state index in [1.807, 2.05) is 18.2 Å². The highest BCUT2D eigenvalue weighted by Gasteiger charge is 2.05. The van der Waals surface area contributed by atoms with Gasteiger partial charge in [0.15, 0.2) is 0 Å². The maximum absolute atomic E-state index is 5.64. The lowest BCUT2D eigenvalue weighted by Crippen LogP contribution is -2.01. The summed E-state index contributed by atoms with van der Waals surface area (Å²) in [5.41, 5.74) is 8.73. The van der Waals surface area contributed by atoms with Gasteiger partial charge >= 0.3 is 0 Å². The molecule has 2 N–H and O–H groups in total. The summed E-state index contributed by atoms with van der Waals surface area (Å²) in [5, 5.41) is 1.11. The fourth-order valence-electron chi connectivity index (χ4n) is 1.64. The van der Waals surface area contributed by atoms with E-state index in [2.05, 4.69) is 18.0 Å². The number of fused-ring (bicyclic) bond motifs is 1. The first-order chi connectivity index (χ1) is 7.24. The van der Waals surface area contributed by atoms with Gasteiger partial charge in [-0.3, -0.25) is 0 Å². The molecule has 2 rings (SSSR count). The first-order valence-corrected chi connectivity index (χ1v) is 4.89. The molecule has 15 heavy (non-hydrogen) atoms. The van der Waals surface area contributed by atoms with Crippen molar-refractivity contribution in [3.63, 3.8) is 0 Å². The van der Waals surface area contributed by atoms with E-state index in [0.717, 1.165) is 16.5 Å². The minimum absolute atomic E-state index is 0.444. The third-order valence-electron chi connectivity index (χ3n) is 2.42. The fraction of sp³-hybridized carbons (Fsp3) is 0.250. The number of hydrogen-bond donors (Lipinski definition) is 1. The molecule has 78 valence electrons. The van der Waals surface area contributed by atoms with Crippen LogP contribution in [0.4, 0.5) is 0 Å². The zero-order valence-electron chi connectivity index (χ0n) is 8.95. The van der Waals surface area contributed by atoms with Crippen LogP contribution in [0, 0.1) is 6.92 Å². The maximum Gasteiger partial charge on any atom is 0.218 e. The normalized spacial score (nSPS) is 10.6. The molecule has 0 fully saturated rings. The number of rotatable bonds is 2. The van der Waals surface area contributed by atoms with E-state index in [1.54, 1.807) is 7.11 Å². The van der Waals surface area contributed by atoms with E-state index >= 15 is 0 Å². The minimum Gasteiger partial charge on any atom is -0.481 e. The predicted octanol–water partition coefficient (Wildman–Crippen LogP) is 2.01. The number of nitrogens with two attached hydrogens (primary N) is 1. The van der Waals surface area contributed by atoms with Crippen LogP contribution >= 0.6 is 0 Å². The summed E-state index contributed by atoms with van der Waals surface area (Å²) >= 11 is 0. The smallest absolute Gasteiger partial charge is 0.218 e. The van der Waals surface area contributed by atoms with Gasteiger partial charge in [-0.25, -0.2) is 4.98 Å². The molecular weight excluding hydrogens is 188 g/mol. The molecule has 3 heteroatoms. The van der Waals surface area contributed by atoms with Gasteiger partial charge < -0.3 is 10.5 Å². The van der Waals surface area contributed by atoms with E-state index in [-0.39, 0.29) is 0 Å². The highest BCUT2D eigenvalue weighted by molar-refractivity contribution is 5.80. The molecule has 1 aromatic carbocycles. The van der Waals surface area contributed by atoms with Crippen molar-refractivity contribution in [3.05, 3.63) is 35.4 Å². The summed E-state index contributed by atoms with van der Waals surface area (Å²) in [6.07, 6.45) is 0. The standard InChI is InChI=1S/C12H14N2O/c1-8-3-4-11-9(5-8)6-10(7-13)12(14-11)15-2/h3-6H,7,13H2,1-2H3. The van der Waals surface area contributed by atoms with E-state index in [1.165, 1.54) is 5.56 Å². The number of hydrogen-bond acceptors (Lipinski definition) is 3. The summed E-state index contributed by atoms with van der Waals surface area (Å²) in [6, 6.07) is 8.17. The Morgan fingerprint density at radius 3 is 2.80 bits per heavy atom. The lowest BCUT2D eigenvalue weighted by Gasteiger charge is -2.07. The molecule has 0 aliphatic carbocycles. The lowest BCUT2D eigenvalue weighted by molar-refractivity contribution is 0.394. The van der Waals surface area contributed by atoms with Crippen molar-refractivity contribution in [1.29, 1.82) is 0 Å². The molecular formula is C12H14N2O. The van der Waals surface area contributed by atoms with E-state index in [4.69, 9.17) is 10.5 Å². The van der Waals surface area contributed by atoms with E-state index < -0.39 is 0 Å². The number of aryl methyl sites for hydroxylation is 1. The molecule has 0 bridgehead atoms. The minimum atomic E-state index is 0.444. The van der Waals surface area contributed by atoms with Crippen molar-refractivity contribution in [2.24, 2.45) is 5.73 Å². The molecule has 0 saturated carbocycles. The third-order valence-corrected chi connectivity index (χ3v) is 2.42. The molecule has 0 unspecified atom stereocenters. The van der Waals surface area contributed by atoms with Crippen molar-refractivity contribution in [3.8, 4) is 5.88 Å². The Labute approximate surface area is 88.9 Å². The number of benzene rings is 1. The van der Waals surface area contributed by atoms with Crippen molar-refractivity contribution in [2.75, 3.05) is 7.11 Å². The molecule has 0 aliphatic heterocycles. The zero-order chi connectivity index (χ0) is 10.8. The number of nitrogens with zero attached hydrogens (tertiary/aromatic N) is 1. The Hall–Kier alpha value is -1.61. The monoisotopic (exact) mass is 202 g/mol. The van der Waals surface area contributed by atoms with Gasteiger partial charge in [-0.1, -0.05) is 11.6 Å². The second-order valence-electron chi connectivity index (χ2n) is 3.56. The van der Waals surface area contributed by atoms with Gasteiger partial charge in [0, 0.05) is 17.5 Å². The Morgan fingerprint density at radius 2 is 2.13 bits per heavy atom. The van der Waals surface area contributed by atoms with Crippen LogP contribution in [-0.2, 0) is 6.54 Å².